The van der Waals surface area contributed by atoms with Crippen molar-refractivity contribution in [1.29, 1.82) is 0 Å². The first kappa shape index (κ1) is 18.7. The van der Waals surface area contributed by atoms with Crippen LogP contribution >= 0.6 is 15.9 Å². The van der Waals surface area contributed by atoms with E-state index in [9.17, 15) is 0 Å². The Hall–Kier alpha value is -1.07. The lowest BCUT2D eigenvalue weighted by molar-refractivity contribution is 0.0526. The van der Waals surface area contributed by atoms with Gasteiger partial charge in [0.1, 0.15) is 0 Å². The van der Waals surface area contributed by atoms with Crippen LogP contribution in [0.25, 0.3) is 0 Å². The van der Waals surface area contributed by atoms with Crippen molar-refractivity contribution in [2.45, 2.75) is 63.1 Å². The molecule has 2 heterocycles. The Morgan fingerprint density at radius 2 is 2.04 bits per heavy atom. The van der Waals surface area contributed by atoms with Crippen molar-refractivity contribution >= 4 is 21.9 Å². The predicted octanol–water partition coefficient (Wildman–Crippen LogP) is 3.56. The van der Waals surface area contributed by atoms with Gasteiger partial charge in [-0.1, -0.05) is 34.5 Å². The minimum absolute atomic E-state index is 0.558. The average Bonchev–Trinajstić information content (AvgIpc) is 2.58. The van der Waals surface area contributed by atoms with Crippen molar-refractivity contribution in [2.75, 3.05) is 20.6 Å². The summed E-state index contributed by atoms with van der Waals surface area (Å²) in [6.45, 7) is 0.950. The molecular formula is C20H31BrN4. The van der Waals surface area contributed by atoms with Crippen molar-refractivity contribution < 1.29 is 0 Å². The number of benzene rings is 1. The van der Waals surface area contributed by atoms with Crippen molar-refractivity contribution in [1.82, 2.24) is 15.5 Å². The second-order valence-electron chi connectivity index (χ2n) is 7.45. The molecule has 2 N–H and O–H groups in total. The lowest BCUT2D eigenvalue weighted by atomic mass is 9.82. The highest BCUT2D eigenvalue weighted by Gasteiger charge is 2.36. The summed E-state index contributed by atoms with van der Waals surface area (Å²) >= 11 is 3.54. The first-order chi connectivity index (χ1) is 12.2. The fourth-order valence-corrected chi connectivity index (χ4v) is 4.76. The van der Waals surface area contributed by atoms with Gasteiger partial charge in [0.05, 0.1) is 0 Å². The first-order valence-corrected chi connectivity index (χ1v) is 10.4. The zero-order valence-corrected chi connectivity index (χ0v) is 17.1. The van der Waals surface area contributed by atoms with E-state index >= 15 is 0 Å². The van der Waals surface area contributed by atoms with Crippen molar-refractivity contribution in [3.8, 4) is 0 Å². The van der Waals surface area contributed by atoms with Crippen molar-refractivity contribution in [3.63, 3.8) is 0 Å². The average molecular weight is 407 g/mol. The number of aryl methyl sites for hydroxylation is 1. The molecule has 2 fully saturated rings. The summed E-state index contributed by atoms with van der Waals surface area (Å²) in [5.41, 5.74) is 1.38. The Morgan fingerprint density at radius 1 is 1.28 bits per heavy atom. The highest BCUT2D eigenvalue weighted by Crippen LogP contribution is 2.32. The van der Waals surface area contributed by atoms with Crippen LogP contribution in [0.15, 0.2) is 33.7 Å². The van der Waals surface area contributed by atoms with Crippen LogP contribution < -0.4 is 10.6 Å². The van der Waals surface area contributed by atoms with Gasteiger partial charge in [-0.05, 0) is 63.3 Å². The molecule has 3 rings (SSSR count). The lowest BCUT2D eigenvalue weighted by Gasteiger charge is -2.47. The van der Waals surface area contributed by atoms with Crippen molar-refractivity contribution in [2.24, 2.45) is 4.99 Å². The maximum atomic E-state index is 4.43. The molecule has 138 valence electrons. The molecule has 2 bridgehead atoms. The van der Waals surface area contributed by atoms with Crippen LogP contribution in [0.5, 0.6) is 0 Å². The number of aliphatic imine (C=N–C) groups is 1. The van der Waals surface area contributed by atoms with E-state index in [1.807, 2.05) is 7.05 Å². The van der Waals surface area contributed by atoms with E-state index < -0.39 is 0 Å². The number of hydrogen-bond donors (Lipinski definition) is 2. The molecule has 25 heavy (non-hydrogen) atoms. The van der Waals surface area contributed by atoms with Crippen molar-refractivity contribution in [3.05, 3.63) is 34.3 Å². The quantitative estimate of drug-likeness (QED) is 0.446. The standard InChI is InChI=1S/C20H31BrN4/c1-22-20(23-11-5-7-15-6-3-8-16(21)12-15)24-17-13-18-9-4-10-19(14-17)25(18)2/h3,6,8,12,17-19H,4-5,7,9-11,13-14H2,1-2H3,(H2,22,23,24). The highest BCUT2D eigenvalue weighted by atomic mass is 79.9. The Balaban J connectivity index is 1.41. The van der Waals surface area contributed by atoms with Gasteiger partial charge in [0.15, 0.2) is 5.96 Å². The van der Waals surface area contributed by atoms with E-state index in [1.54, 1.807) is 0 Å². The summed E-state index contributed by atoms with van der Waals surface area (Å²) in [6, 6.07) is 10.6. The summed E-state index contributed by atoms with van der Waals surface area (Å²) in [4.78, 5) is 7.03. The zero-order valence-electron chi connectivity index (χ0n) is 15.5. The predicted molar refractivity (Wildman–Crippen MR) is 109 cm³/mol. The number of halogens is 1. The topological polar surface area (TPSA) is 39.7 Å². The van der Waals surface area contributed by atoms with E-state index in [1.165, 1.54) is 37.7 Å². The minimum Gasteiger partial charge on any atom is -0.356 e. The van der Waals surface area contributed by atoms with Gasteiger partial charge in [-0.25, -0.2) is 0 Å². The minimum atomic E-state index is 0.558. The van der Waals surface area contributed by atoms with Gasteiger partial charge in [-0.15, -0.1) is 0 Å². The lowest BCUT2D eigenvalue weighted by Crippen LogP contribution is -2.56. The third-order valence-electron chi connectivity index (χ3n) is 5.73. The summed E-state index contributed by atoms with van der Waals surface area (Å²) in [5, 5.41) is 7.16. The molecule has 0 aromatic heterocycles. The molecule has 5 heteroatoms. The molecule has 0 saturated carbocycles. The molecule has 2 aliphatic rings. The fraction of sp³-hybridized carbons (Fsp3) is 0.650. The van der Waals surface area contributed by atoms with E-state index in [0.717, 1.165) is 41.9 Å². The number of nitrogens with one attached hydrogen (secondary N) is 2. The fourth-order valence-electron chi connectivity index (χ4n) is 4.31. The van der Waals surface area contributed by atoms with Gasteiger partial charge in [0.25, 0.3) is 0 Å². The van der Waals surface area contributed by atoms with Gasteiger partial charge in [-0.2, -0.15) is 0 Å². The largest absolute Gasteiger partial charge is 0.356 e. The molecule has 2 atom stereocenters. The maximum Gasteiger partial charge on any atom is 0.191 e. The van der Waals surface area contributed by atoms with Crippen LogP contribution in [0.3, 0.4) is 0 Å². The van der Waals surface area contributed by atoms with Crippen LogP contribution in [-0.2, 0) is 6.42 Å². The van der Waals surface area contributed by atoms with Gasteiger partial charge < -0.3 is 15.5 Å². The molecular weight excluding hydrogens is 376 g/mol. The normalized spacial score (nSPS) is 27.2. The van der Waals surface area contributed by atoms with Gasteiger partial charge in [0, 0.05) is 36.2 Å². The van der Waals surface area contributed by atoms with Crippen LogP contribution in [0.1, 0.15) is 44.1 Å². The molecule has 0 amide bonds. The Labute approximate surface area is 160 Å². The second kappa shape index (κ2) is 9.04. The van der Waals surface area contributed by atoms with E-state index in [0.29, 0.717) is 6.04 Å². The summed E-state index contributed by atoms with van der Waals surface area (Å²) in [7, 11) is 4.18. The van der Waals surface area contributed by atoms with E-state index in [4.69, 9.17) is 0 Å². The molecule has 0 radical (unpaired) electrons. The number of nitrogens with zero attached hydrogens (tertiary/aromatic N) is 2. The molecule has 0 spiro atoms. The maximum absolute atomic E-state index is 4.43. The Morgan fingerprint density at radius 3 is 2.72 bits per heavy atom. The van der Waals surface area contributed by atoms with Gasteiger partial charge in [-0.3, -0.25) is 4.99 Å². The monoisotopic (exact) mass is 406 g/mol. The number of hydrogen-bond acceptors (Lipinski definition) is 2. The number of piperidine rings is 2. The van der Waals surface area contributed by atoms with Gasteiger partial charge >= 0.3 is 0 Å². The molecule has 2 saturated heterocycles. The number of rotatable bonds is 5. The SMILES string of the molecule is CN=C(NCCCc1cccc(Br)c1)NC1CC2CCCC(C1)N2C. The molecule has 4 nitrogen and oxygen atoms in total. The molecule has 2 unspecified atom stereocenters. The smallest absolute Gasteiger partial charge is 0.191 e. The highest BCUT2D eigenvalue weighted by molar-refractivity contribution is 9.10. The number of fused-ring (bicyclic) bond motifs is 2. The van der Waals surface area contributed by atoms with Crippen LogP contribution in [0.4, 0.5) is 0 Å². The third kappa shape index (κ3) is 5.20. The van der Waals surface area contributed by atoms with E-state index in [-0.39, 0.29) is 0 Å². The summed E-state index contributed by atoms with van der Waals surface area (Å²) < 4.78 is 1.16. The summed E-state index contributed by atoms with van der Waals surface area (Å²) in [6.07, 6.45) is 8.78. The third-order valence-corrected chi connectivity index (χ3v) is 6.22. The number of guanidine groups is 1. The van der Waals surface area contributed by atoms with Crippen LogP contribution in [0, 0.1) is 0 Å². The first-order valence-electron chi connectivity index (χ1n) is 9.59. The molecule has 1 aromatic rings. The van der Waals surface area contributed by atoms with Crippen LogP contribution in [-0.4, -0.2) is 49.6 Å². The van der Waals surface area contributed by atoms with E-state index in [2.05, 4.69) is 67.8 Å². The molecule has 1 aromatic carbocycles. The Bertz CT molecular complexity index is 575. The van der Waals surface area contributed by atoms with Crippen LogP contribution in [0.2, 0.25) is 0 Å². The van der Waals surface area contributed by atoms with Gasteiger partial charge in [0.2, 0.25) is 0 Å². The zero-order chi connectivity index (χ0) is 17.6. The summed E-state index contributed by atoms with van der Waals surface area (Å²) in [5.74, 6) is 0.960. The molecule has 2 aliphatic heterocycles. The Kier molecular flexibility index (Phi) is 6.77. The second-order valence-corrected chi connectivity index (χ2v) is 8.36. The molecule has 0 aliphatic carbocycles.